The van der Waals surface area contributed by atoms with Crippen LogP contribution in [0.2, 0.25) is 0 Å². The zero-order chi connectivity index (χ0) is 15.4. The monoisotopic (exact) mass is 301 g/mol. The third-order valence-electron chi connectivity index (χ3n) is 4.09. The fourth-order valence-corrected chi connectivity index (χ4v) is 2.99. The molecule has 1 fully saturated rings. The first-order chi connectivity index (χ1) is 10.8. The number of carbonyl (C=O) groups is 2. The van der Waals surface area contributed by atoms with Gasteiger partial charge in [0.05, 0.1) is 12.0 Å². The Hall–Kier alpha value is -2.30. The lowest BCUT2D eigenvalue weighted by atomic mass is 9.96. The molecule has 0 saturated carbocycles. The lowest BCUT2D eigenvalue weighted by Gasteiger charge is -2.29. The molecule has 0 aromatic heterocycles. The van der Waals surface area contributed by atoms with Crippen molar-refractivity contribution in [3.05, 3.63) is 48.0 Å². The molecule has 2 heterocycles. The number of cyclic esters (lactones) is 1. The van der Waals surface area contributed by atoms with Crippen molar-refractivity contribution < 1.29 is 19.1 Å². The highest BCUT2D eigenvalue weighted by molar-refractivity contribution is 5.78. The van der Waals surface area contributed by atoms with Gasteiger partial charge in [0.25, 0.3) is 0 Å². The van der Waals surface area contributed by atoms with Gasteiger partial charge >= 0.3 is 12.1 Å². The molecule has 0 N–H and O–H groups in total. The standard InChI is InChI=1S/C17H19NO4/c19-16-14(8-5-11-21-16)15-9-4-10-18(15)17(20)22-12-13-6-2-1-3-7-13/h1-3,5-8,14-15H,4,9-12H2. The van der Waals surface area contributed by atoms with Gasteiger partial charge in [0.1, 0.15) is 13.2 Å². The second-order valence-corrected chi connectivity index (χ2v) is 5.53. The quantitative estimate of drug-likeness (QED) is 0.636. The summed E-state index contributed by atoms with van der Waals surface area (Å²) in [4.78, 5) is 25.8. The van der Waals surface area contributed by atoms with Crippen molar-refractivity contribution >= 4 is 12.1 Å². The van der Waals surface area contributed by atoms with E-state index < -0.39 is 0 Å². The molecular formula is C17H19NO4. The van der Waals surface area contributed by atoms with Gasteiger partial charge in [0.15, 0.2) is 0 Å². The number of carbonyl (C=O) groups excluding carboxylic acids is 2. The lowest BCUT2D eigenvalue weighted by Crippen LogP contribution is -2.43. The van der Waals surface area contributed by atoms with Crippen LogP contribution in [0.15, 0.2) is 42.5 Å². The van der Waals surface area contributed by atoms with Crippen molar-refractivity contribution in [3.63, 3.8) is 0 Å². The van der Waals surface area contributed by atoms with E-state index in [-0.39, 0.29) is 30.6 Å². The van der Waals surface area contributed by atoms with Crippen LogP contribution in [0.25, 0.3) is 0 Å². The van der Waals surface area contributed by atoms with Crippen molar-refractivity contribution in [1.29, 1.82) is 0 Å². The van der Waals surface area contributed by atoms with Crippen LogP contribution in [-0.4, -0.2) is 36.2 Å². The summed E-state index contributed by atoms with van der Waals surface area (Å²) in [7, 11) is 0. The Bertz CT molecular complexity index is 569. The van der Waals surface area contributed by atoms with Crippen molar-refractivity contribution in [2.45, 2.75) is 25.5 Å². The summed E-state index contributed by atoms with van der Waals surface area (Å²) in [6.07, 6.45) is 4.99. The largest absolute Gasteiger partial charge is 0.461 e. The van der Waals surface area contributed by atoms with Crippen LogP contribution in [0.4, 0.5) is 4.79 Å². The van der Waals surface area contributed by atoms with Crippen molar-refractivity contribution in [1.82, 2.24) is 4.90 Å². The van der Waals surface area contributed by atoms with Crippen LogP contribution in [0.3, 0.4) is 0 Å². The highest BCUT2D eigenvalue weighted by Crippen LogP contribution is 2.28. The summed E-state index contributed by atoms with van der Waals surface area (Å²) in [5.74, 6) is -0.629. The SMILES string of the molecule is O=C1OCC=CC1C1CCCN1C(=O)OCc1ccccc1. The van der Waals surface area contributed by atoms with E-state index in [9.17, 15) is 9.59 Å². The topological polar surface area (TPSA) is 55.8 Å². The number of nitrogens with zero attached hydrogens (tertiary/aromatic N) is 1. The molecule has 0 aliphatic carbocycles. The first-order valence-corrected chi connectivity index (χ1v) is 7.56. The van der Waals surface area contributed by atoms with Crippen LogP contribution in [-0.2, 0) is 20.9 Å². The van der Waals surface area contributed by atoms with Gasteiger partial charge < -0.3 is 14.4 Å². The normalized spacial score (nSPS) is 24.2. The van der Waals surface area contributed by atoms with E-state index in [0.29, 0.717) is 13.2 Å². The molecule has 5 heteroatoms. The number of hydrogen-bond acceptors (Lipinski definition) is 4. The molecular weight excluding hydrogens is 282 g/mol. The molecule has 22 heavy (non-hydrogen) atoms. The molecule has 1 aromatic carbocycles. The lowest BCUT2D eigenvalue weighted by molar-refractivity contribution is -0.148. The molecule has 0 spiro atoms. The summed E-state index contributed by atoms with van der Waals surface area (Å²) >= 11 is 0. The van der Waals surface area contributed by atoms with E-state index in [1.165, 1.54) is 0 Å². The number of amides is 1. The maximum Gasteiger partial charge on any atom is 0.410 e. The minimum Gasteiger partial charge on any atom is -0.461 e. The van der Waals surface area contributed by atoms with E-state index in [2.05, 4.69) is 0 Å². The van der Waals surface area contributed by atoms with Crippen molar-refractivity contribution in [3.8, 4) is 0 Å². The predicted octanol–water partition coefficient (Wildman–Crippen LogP) is 2.52. The molecule has 2 aliphatic heterocycles. The molecule has 1 amide bonds. The van der Waals surface area contributed by atoms with Gasteiger partial charge in [-0.05, 0) is 18.4 Å². The summed E-state index contributed by atoms with van der Waals surface area (Å²) in [6.45, 7) is 1.18. The van der Waals surface area contributed by atoms with E-state index in [0.717, 1.165) is 18.4 Å². The molecule has 0 radical (unpaired) electrons. The molecule has 2 aliphatic rings. The van der Waals surface area contributed by atoms with Crippen LogP contribution < -0.4 is 0 Å². The molecule has 0 bridgehead atoms. The Kier molecular flexibility index (Phi) is 4.42. The molecule has 1 aromatic rings. The average molecular weight is 301 g/mol. The van der Waals surface area contributed by atoms with E-state index in [4.69, 9.17) is 9.47 Å². The first kappa shape index (κ1) is 14.6. The molecule has 5 nitrogen and oxygen atoms in total. The second kappa shape index (κ2) is 6.64. The number of likely N-dealkylation sites (tertiary alicyclic amines) is 1. The third-order valence-corrected chi connectivity index (χ3v) is 4.09. The van der Waals surface area contributed by atoms with E-state index >= 15 is 0 Å². The summed E-state index contributed by atoms with van der Waals surface area (Å²) in [5, 5.41) is 0. The molecule has 116 valence electrons. The maximum absolute atomic E-state index is 12.3. The van der Waals surface area contributed by atoms with Gasteiger partial charge in [-0.3, -0.25) is 4.79 Å². The number of ether oxygens (including phenoxy) is 2. The number of hydrogen-bond donors (Lipinski definition) is 0. The van der Waals surface area contributed by atoms with Gasteiger partial charge in [-0.2, -0.15) is 0 Å². The summed E-state index contributed by atoms with van der Waals surface area (Å²) in [5.41, 5.74) is 0.948. The van der Waals surface area contributed by atoms with Crippen molar-refractivity contribution in [2.24, 2.45) is 5.92 Å². The molecule has 2 atom stereocenters. The van der Waals surface area contributed by atoms with Crippen LogP contribution >= 0.6 is 0 Å². The van der Waals surface area contributed by atoms with Gasteiger partial charge in [-0.25, -0.2) is 4.79 Å². The minimum absolute atomic E-state index is 0.160. The predicted molar refractivity (Wildman–Crippen MR) is 79.9 cm³/mol. The minimum atomic E-state index is -0.375. The second-order valence-electron chi connectivity index (χ2n) is 5.53. The summed E-state index contributed by atoms with van der Waals surface area (Å²) < 4.78 is 10.4. The van der Waals surface area contributed by atoms with Crippen LogP contribution in [0.5, 0.6) is 0 Å². The Morgan fingerprint density at radius 3 is 2.91 bits per heavy atom. The fraction of sp³-hybridized carbons (Fsp3) is 0.412. The zero-order valence-electron chi connectivity index (χ0n) is 12.3. The highest BCUT2D eigenvalue weighted by atomic mass is 16.6. The Balaban J connectivity index is 1.62. The number of esters is 1. The molecule has 2 unspecified atom stereocenters. The zero-order valence-corrected chi connectivity index (χ0v) is 12.3. The molecule has 1 saturated heterocycles. The van der Waals surface area contributed by atoms with Gasteiger partial charge in [-0.1, -0.05) is 42.5 Å². The van der Waals surface area contributed by atoms with Crippen molar-refractivity contribution in [2.75, 3.05) is 13.2 Å². The Labute approximate surface area is 129 Å². The molecule has 3 rings (SSSR count). The third kappa shape index (κ3) is 3.13. The smallest absolute Gasteiger partial charge is 0.410 e. The first-order valence-electron chi connectivity index (χ1n) is 7.56. The maximum atomic E-state index is 12.3. The number of benzene rings is 1. The van der Waals surface area contributed by atoms with Gasteiger partial charge in [0, 0.05) is 6.54 Å². The average Bonchev–Trinajstić information content (AvgIpc) is 3.03. The summed E-state index contributed by atoms with van der Waals surface area (Å²) in [6, 6.07) is 9.40. The van der Waals surface area contributed by atoms with Crippen LogP contribution in [0.1, 0.15) is 18.4 Å². The van der Waals surface area contributed by atoms with Crippen LogP contribution in [0, 0.1) is 5.92 Å². The van der Waals surface area contributed by atoms with Gasteiger partial charge in [-0.15, -0.1) is 0 Å². The van der Waals surface area contributed by atoms with Gasteiger partial charge in [0.2, 0.25) is 0 Å². The van der Waals surface area contributed by atoms with E-state index in [1.54, 1.807) is 4.90 Å². The Morgan fingerprint density at radius 2 is 2.14 bits per heavy atom. The van der Waals surface area contributed by atoms with E-state index in [1.807, 2.05) is 42.5 Å². The number of rotatable bonds is 3. The fourth-order valence-electron chi connectivity index (χ4n) is 2.99. The Morgan fingerprint density at radius 1 is 1.32 bits per heavy atom. The highest BCUT2D eigenvalue weighted by Gasteiger charge is 2.39.